The molecule has 5 nitrogen and oxygen atoms in total. The number of hydrogen-bond acceptors (Lipinski definition) is 4. The number of nitrogens with zero attached hydrogens (tertiary/aromatic N) is 3. The number of benzene rings is 1. The second-order valence-electron chi connectivity index (χ2n) is 4.90. The molecular weight excluding hydrogens is 242 g/mol. The lowest BCUT2D eigenvalue weighted by molar-refractivity contribution is 0.0526. The summed E-state index contributed by atoms with van der Waals surface area (Å²) >= 11 is 0. The summed E-state index contributed by atoms with van der Waals surface area (Å²) in [5, 5.41) is 8.41. The van der Waals surface area contributed by atoms with Gasteiger partial charge in [-0.15, -0.1) is 5.10 Å². The Hall–Kier alpha value is -1.91. The average Bonchev–Trinajstić information content (AvgIpc) is 3.06. The van der Waals surface area contributed by atoms with E-state index in [1.54, 1.807) is 19.1 Å². The number of fused-ring (bicyclic) bond motifs is 1. The van der Waals surface area contributed by atoms with Crippen LogP contribution in [-0.4, -0.2) is 27.6 Å². The van der Waals surface area contributed by atoms with Gasteiger partial charge in [-0.3, -0.25) is 0 Å². The van der Waals surface area contributed by atoms with Gasteiger partial charge in [0.2, 0.25) is 0 Å². The molecule has 1 aromatic heterocycles. The molecule has 0 spiro atoms. The maximum atomic E-state index is 11.7. The molecule has 0 bridgehead atoms. The SMILES string of the molecule is CCOC(=O)c1ccc2c(c1)nnn2C1CCCC1. The first kappa shape index (κ1) is 12.1. The summed E-state index contributed by atoms with van der Waals surface area (Å²) in [6, 6.07) is 5.92. The fourth-order valence-electron chi connectivity index (χ4n) is 2.70. The second kappa shape index (κ2) is 4.99. The van der Waals surface area contributed by atoms with Gasteiger partial charge in [0.25, 0.3) is 0 Å². The van der Waals surface area contributed by atoms with Crippen molar-refractivity contribution in [1.82, 2.24) is 15.0 Å². The Morgan fingerprint density at radius 3 is 2.95 bits per heavy atom. The Bertz CT molecular complexity index is 600. The first-order chi connectivity index (χ1) is 9.29. The zero-order chi connectivity index (χ0) is 13.2. The van der Waals surface area contributed by atoms with Crippen LogP contribution in [0.25, 0.3) is 11.0 Å². The van der Waals surface area contributed by atoms with Crippen LogP contribution < -0.4 is 0 Å². The Morgan fingerprint density at radius 2 is 2.21 bits per heavy atom. The molecule has 1 aliphatic rings. The molecule has 0 saturated heterocycles. The lowest BCUT2D eigenvalue weighted by Crippen LogP contribution is -2.07. The smallest absolute Gasteiger partial charge is 0.338 e. The molecule has 3 rings (SSSR count). The lowest BCUT2D eigenvalue weighted by atomic mass is 10.2. The van der Waals surface area contributed by atoms with Gasteiger partial charge in [0, 0.05) is 0 Å². The predicted octanol–water partition coefficient (Wildman–Crippen LogP) is 2.72. The van der Waals surface area contributed by atoms with Gasteiger partial charge in [0.15, 0.2) is 0 Å². The van der Waals surface area contributed by atoms with Crippen LogP contribution in [0.3, 0.4) is 0 Å². The van der Waals surface area contributed by atoms with Crippen LogP contribution in [0.15, 0.2) is 18.2 Å². The molecule has 1 saturated carbocycles. The van der Waals surface area contributed by atoms with Gasteiger partial charge in [-0.05, 0) is 38.0 Å². The molecule has 0 amide bonds. The minimum atomic E-state index is -0.306. The molecule has 5 heteroatoms. The molecule has 0 radical (unpaired) electrons. The van der Waals surface area contributed by atoms with Crippen molar-refractivity contribution in [3.8, 4) is 0 Å². The Kier molecular flexibility index (Phi) is 3.19. The number of carbonyl (C=O) groups excluding carboxylic acids is 1. The average molecular weight is 259 g/mol. The van der Waals surface area contributed by atoms with E-state index in [1.807, 2.05) is 10.7 Å². The van der Waals surface area contributed by atoms with Crippen molar-refractivity contribution in [3.05, 3.63) is 23.8 Å². The summed E-state index contributed by atoms with van der Waals surface area (Å²) < 4.78 is 6.99. The summed E-state index contributed by atoms with van der Waals surface area (Å²) in [5.41, 5.74) is 2.30. The molecule has 1 fully saturated rings. The van der Waals surface area contributed by atoms with E-state index in [9.17, 15) is 4.79 Å². The largest absolute Gasteiger partial charge is 0.462 e. The molecule has 0 atom stereocenters. The van der Waals surface area contributed by atoms with Crippen LogP contribution >= 0.6 is 0 Å². The molecule has 1 aliphatic carbocycles. The zero-order valence-electron chi connectivity index (χ0n) is 11.0. The van der Waals surface area contributed by atoms with E-state index in [-0.39, 0.29) is 5.97 Å². The summed E-state index contributed by atoms with van der Waals surface area (Å²) in [6.45, 7) is 2.18. The zero-order valence-corrected chi connectivity index (χ0v) is 11.0. The Balaban J connectivity index is 1.95. The van der Waals surface area contributed by atoms with Gasteiger partial charge in [-0.1, -0.05) is 18.1 Å². The first-order valence-electron chi connectivity index (χ1n) is 6.81. The van der Waals surface area contributed by atoms with Crippen molar-refractivity contribution in [1.29, 1.82) is 0 Å². The van der Waals surface area contributed by atoms with E-state index >= 15 is 0 Å². The van der Waals surface area contributed by atoms with Crippen molar-refractivity contribution in [3.63, 3.8) is 0 Å². The van der Waals surface area contributed by atoms with Crippen LogP contribution in [0, 0.1) is 0 Å². The van der Waals surface area contributed by atoms with Crippen LogP contribution in [0.2, 0.25) is 0 Å². The number of esters is 1. The highest BCUT2D eigenvalue weighted by Crippen LogP contribution is 2.31. The van der Waals surface area contributed by atoms with Crippen molar-refractivity contribution >= 4 is 17.0 Å². The van der Waals surface area contributed by atoms with Crippen LogP contribution in [0.1, 0.15) is 49.0 Å². The summed E-state index contributed by atoms with van der Waals surface area (Å²) in [6.07, 6.45) is 4.84. The van der Waals surface area contributed by atoms with Gasteiger partial charge >= 0.3 is 5.97 Å². The predicted molar refractivity (Wildman–Crippen MR) is 71.0 cm³/mol. The van der Waals surface area contributed by atoms with Gasteiger partial charge in [-0.25, -0.2) is 9.48 Å². The first-order valence-corrected chi connectivity index (χ1v) is 6.81. The summed E-state index contributed by atoms with van der Waals surface area (Å²) in [5.74, 6) is -0.306. The fraction of sp³-hybridized carbons (Fsp3) is 0.500. The summed E-state index contributed by atoms with van der Waals surface area (Å²) in [7, 11) is 0. The molecule has 1 aromatic carbocycles. The quantitative estimate of drug-likeness (QED) is 0.795. The van der Waals surface area contributed by atoms with E-state index < -0.39 is 0 Å². The van der Waals surface area contributed by atoms with Gasteiger partial charge in [0.05, 0.1) is 23.7 Å². The highest BCUT2D eigenvalue weighted by atomic mass is 16.5. The van der Waals surface area contributed by atoms with E-state index in [4.69, 9.17) is 4.74 Å². The van der Waals surface area contributed by atoms with Crippen LogP contribution in [0.4, 0.5) is 0 Å². The highest BCUT2D eigenvalue weighted by molar-refractivity contribution is 5.93. The second-order valence-corrected chi connectivity index (χ2v) is 4.90. The lowest BCUT2D eigenvalue weighted by Gasteiger charge is -2.09. The summed E-state index contributed by atoms with van der Waals surface area (Å²) in [4.78, 5) is 11.7. The van der Waals surface area contributed by atoms with Crippen molar-refractivity contribution < 1.29 is 9.53 Å². The molecule has 100 valence electrons. The number of carbonyl (C=O) groups is 1. The van der Waals surface area contributed by atoms with Crippen molar-refractivity contribution in [2.75, 3.05) is 6.61 Å². The van der Waals surface area contributed by atoms with E-state index in [1.165, 1.54) is 12.8 Å². The maximum absolute atomic E-state index is 11.7. The third kappa shape index (κ3) is 2.20. The molecule has 0 unspecified atom stereocenters. The maximum Gasteiger partial charge on any atom is 0.338 e. The van der Waals surface area contributed by atoms with Gasteiger partial charge in [-0.2, -0.15) is 0 Å². The molecule has 19 heavy (non-hydrogen) atoms. The number of hydrogen-bond donors (Lipinski definition) is 0. The monoisotopic (exact) mass is 259 g/mol. The molecule has 2 aromatic rings. The third-order valence-electron chi connectivity index (χ3n) is 3.65. The fourth-order valence-corrected chi connectivity index (χ4v) is 2.70. The van der Waals surface area contributed by atoms with Gasteiger partial charge in [0.1, 0.15) is 5.52 Å². The van der Waals surface area contributed by atoms with E-state index in [0.29, 0.717) is 18.2 Å². The number of ether oxygens (including phenoxy) is 1. The number of aromatic nitrogens is 3. The minimum absolute atomic E-state index is 0.306. The van der Waals surface area contributed by atoms with E-state index in [2.05, 4.69) is 10.3 Å². The van der Waals surface area contributed by atoms with Gasteiger partial charge < -0.3 is 4.74 Å². The molecular formula is C14H17N3O2. The normalized spacial score (nSPS) is 16.1. The van der Waals surface area contributed by atoms with Crippen LogP contribution in [-0.2, 0) is 4.74 Å². The molecule has 1 heterocycles. The Morgan fingerprint density at radius 1 is 1.42 bits per heavy atom. The topological polar surface area (TPSA) is 57.0 Å². The Labute approximate surface area is 111 Å². The van der Waals surface area contributed by atoms with Crippen molar-refractivity contribution in [2.45, 2.75) is 38.6 Å². The molecule has 0 aliphatic heterocycles. The standard InChI is InChI=1S/C14H17N3O2/c1-2-19-14(18)10-7-8-13-12(9-10)15-16-17(13)11-5-3-4-6-11/h7-9,11H,2-6H2,1H3. The number of rotatable bonds is 3. The van der Waals surface area contributed by atoms with Crippen LogP contribution in [0.5, 0.6) is 0 Å². The minimum Gasteiger partial charge on any atom is -0.462 e. The van der Waals surface area contributed by atoms with E-state index in [0.717, 1.165) is 23.9 Å². The third-order valence-corrected chi connectivity index (χ3v) is 3.65. The van der Waals surface area contributed by atoms with Crippen molar-refractivity contribution in [2.24, 2.45) is 0 Å². The highest BCUT2D eigenvalue weighted by Gasteiger charge is 2.20. The molecule has 0 N–H and O–H groups in total.